The Labute approximate surface area is 453 Å². The van der Waals surface area contributed by atoms with Crippen LogP contribution in [0.5, 0.6) is 0 Å². The Kier molecular flexibility index (Phi) is 35.1. The van der Waals surface area contributed by atoms with E-state index < -0.39 is 20.2 Å². The third kappa shape index (κ3) is 27.4. The van der Waals surface area contributed by atoms with Gasteiger partial charge >= 0.3 is 37.7 Å². The topological polar surface area (TPSA) is 114 Å². The summed E-state index contributed by atoms with van der Waals surface area (Å²) >= 11 is 0. The second-order valence-electron chi connectivity index (χ2n) is 20.1. The van der Waals surface area contributed by atoms with Gasteiger partial charge in [0.25, 0.3) is 0 Å². The molecule has 0 spiro atoms. The molecule has 0 aliphatic carbocycles. The molecule has 0 aliphatic heterocycles. The van der Waals surface area contributed by atoms with Crippen LogP contribution in [0.15, 0.2) is 70.5 Å². The van der Waals surface area contributed by atoms with E-state index in [0.717, 1.165) is 84.0 Å². The third-order valence-electron chi connectivity index (χ3n) is 14.0. The van der Waals surface area contributed by atoms with Gasteiger partial charge < -0.3 is 9.11 Å². The van der Waals surface area contributed by atoms with Crippen LogP contribution in [0.1, 0.15) is 255 Å². The molecule has 0 unspecified atom stereocenters. The fourth-order valence-electron chi connectivity index (χ4n) is 9.74. The first-order chi connectivity index (χ1) is 32.9. The van der Waals surface area contributed by atoms with Crippen molar-refractivity contribution >= 4 is 79.5 Å². The molecule has 0 radical (unpaired) electrons. The normalized spacial score (nSPS) is 11.8. The molecule has 0 aliphatic rings. The number of benzene rings is 4. The first kappa shape index (κ1) is 63.6. The van der Waals surface area contributed by atoms with Gasteiger partial charge in [0, 0.05) is 0 Å². The van der Waals surface area contributed by atoms with Crippen LogP contribution in [-0.4, -0.2) is 63.7 Å². The summed E-state index contributed by atoms with van der Waals surface area (Å²) in [5, 5.41) is 3.97. The average molecular weight is 1020 g/mol. The van der Waals surface area contributed by atoms with Gasteiger partial charge in [0.15, 0.2) is 0 Å². The van der Waals surface area contributed by atoms with Gasteiger partial charge in [0.2, 0.25) is 0 Å². The van der Waals surface area contributed by atoms with E-state index in [0.29, 0.717) is 0 Å². The SMILES string of the molecule is CCCCCCCCCCc1ccc2cc(S(=O)(=O)[O-])cc(CCCCCCCCCC)c2c1.CCCCCCCCCCc1ccc2cc(S(=O)(=O)[O-])cc(CCCCCCCCCC)c2c1.[Ca+2]. The smallest absolute Gasteiger partial charge is 0.744 e. The van der Waals surface area contributed by atoms with Crippen molar-refractivity contribution in [2.75, 3.05) is 0 Å². The molecule has 4 aromatic carbocycles. The zero-order valence-electron chi connectivity index (χ0n) is 44.2. The van der Waals surface area contributed by atoms with Crippen molar-refractivity contribution in [3.8, 4) is 0 Å². The molecule has 0 fully saturated rings. The summed E-state index contributed by atoms with van der Waals surface area (Å²) in [6.07, 6.45) is 44.6. The van der Waals surface area contributed by atoms with E-state index in [2.05, 4.69) is 52.0 Å². The number of hydrogen-bond donors (Lipinski definition) is 0. The van der Waals surface area contributed by atoms with E-state index in [1.807, 2.05) is 12.1 Å². The van der Waals surface area contributed by atoms with Gasteiger partial charge in [-0.2, -0.15) is 0 Å². The second-order valence-corrected chi connectivity index (χ2v) is 22.8. The molecule has 0 bridgehead atoms. The van der Waals surface area contributed by atoms with Crippen molar-refractivity contribution in [2.24, 2.45) is 0 Å². The molecule has 4 aromatic rings. The maximum atomic E-state index is 11.7. The summed E-state index contributed by atoms with van der Waals surface area (Å²) in [7, 11) is -8.91. The van der Waals surface area contributed by atoms with E-state index in [-0.39, 0.29) is 47.5 Å². The number of hydrogen-bond acceptors (Lipinski definition) is 6. The van der Waals surface area contributed by atoms with Crippen LogP contribution in [0.4, 0.5) is 0 Å². The Morgan fingerprint density at radius 1 is 0.319 bits per heavy atom. The van der Waals surface area contributed by atoms with Gasteiger partial charge in [-0.1, -0.05) is 244 Å². The van der Waals surface area contributed by atoms with Gasteiger partial charge in [-0.3, -0.25) is 0 Å². The predicted molar refractivity (Wildman–Crippen MR) is 295 cm³/mol. The molecule has 0 atom stereocenters. The summed E-state index contributed by atoms with van der Waals surface area (Å²) in [6.45, 7) is 8.99. The van der Waals surface area contributed by atoms with Crippen LogP contribution in [0.3, 0.4) is 0 Å². The number of rotatable bonds is 38. The number of aryl methyl sites for hydroxylation is 4. The van der Waals surface area contributed by atoms with E-state index in [1.54, 1.807) is 24.3 Å². The minimum absolute atomic E-state index is 0. The monoisotopic (exact) mass is 1010 g/mol. The molecular weight excluding hydrogens is 921 g/mol. The van der Waals surface area contributed by atoms with Crippen LogP contribution in [-0.2, 0) is 45.9 Å². The molecule has 0 saturated heterocycles. The number of fused-ring (bicyclic) bond motifs is 2. The van der Waals surface area contributed by atoms with Gasteiger partial charge in [-0.05, 0) is 119 Å². The van der Waals surface area contributed by atoms with Crippen LogP contribution in [0, 0.1) is 0 Å². The van der Waals surface area contributed by atoms with Crippen molar-refractivity contribution in [2.45, 2.75) is 269 Å². The number of unbranched alkanes of at least 4 members (excludes halogenated alkanes) is 28. The van der Waals surface area contributed by atoms with Crippen LogP contribution >= 0.6 is 0 Å². The van der Waals surface area contributed by atoms with E-state index in [4.69, 9.17) is 0 Å². The van der Waals surface area contributed by atoms with E-state index in [1.165, 1.54) is 191 Å². The standard InChI is InChI=1S/2C30H48O3S.Ca/c2*1-3-5-7-9-11-13-15-17-19-26-21-22-28-25-29(34(31,32)33)24-27(30(28)23-26)20-18-16-14-12-10-8-6-4-2;/h2*21-25H,3-20H2,1-2H3,(H,31,32,33);/q;;+2/p-2. The minimum Gasteiger partial charge on any atom is -0.744 e. The molecule has 0 saturated carbocycles. The third-order valence-corrected chi connectivity index (χ3v) is 15.6. The maximum Gasteiger partial charge on any atom is 2.00 e. The van der Waals surface area contributed by atoms with Crippen LogP contribution in [0.2, 0.25) is 0 Å². The van der Waals surface area contributed by atoms with Gasteiger partial charge in [0.05, 0.1) is 9.79 Å². The van der Waals surface area contributed by atoms with E-state index >= 15 is 0 Å². The van der Waals surface area contributed by atoms with E-state index in [9.17, 15) is 25.9 Å². The molecule has 0 N–H and O–H groups in total. The Morgan fingerprint density at radius 3 is 0.826 bits per heavy atom. The summed E-state index contributed by atoms with van der Waals surface area (Å²) in [4.78, 5) is -0.184. The fourth-order valence-corrected chi connectivity index (χ4v) is 10.9. The van der Waals surface area contributed by atoms with Gasteiger partial charge in [0.1, 0.15) is 20.2 Å². The average Bonchev–Trinajstić information content (AvgIpc) is 3.31. The Hall–Kier alpha value is -1.52. The van der Waals surface area contributed by atoms with Crippen molar-refractivity contribution < 1.29 is 25.9 Å². The van der Waals surface area contributed by atoms with Crippen molar-refractivity contribution in [3.63, 3.8) is 0 Å². The quantitative estimate of drug-likeness (QED) is 0.0251. The Morgan fingerprint density at radius 2 is 0.565 bits per heavy atom. The molecule has 0 amide bonds. The zero-order valence-corrected chi connectivity index (χ0v) is 48.0. The largest absolute Gasteiger partial charge is 2.00 e. The minimum atomic E-state index is -4.45. The summed E-state index contributed by atoms with van der Waals surface area (Å²) in [6, 6.07) is 19.0. The molecular formula is C60H94CaO6S2. The fraction of sp³-hybridized carbons (Fsp3) is 0.667. The summed E-state index contributed by atoms with van der Waals surface area (Å²) < 4.78 is 70.4. The molecule has 69 heavy (non-hydrogen) atoms. The summed E-state index contributed by atoms with van der Waals surface area (Å²) in [5.74, 6) is 0. The molecule has 0 aromatic heterocycles. The van der Waals surface area contributed by atoms with Gasteiger partial charge in [-0.25, -0.2) is 16.8 Å². The zero-order chi connectivity index (χ0) is 49.3. The van der Waals surface area contributed by atoms with Crippen molar-refractivity contribution in [1.29, 1.82) is 0 Å². The Bertz CT molecular complexity index is 2030. The van der Waals surface area contributed by atoms with Crippen LogP contribution < -0.4 is 0 Å². The first-order valence-corrected chi connectivity index (χ1v) is 30.8. The summed E-state index contributed by atoms with van der Waals surface area (Å²) in [5.41, 5.74) is 4.65. The Balaban J connectivity index is 0.000000467. The predicted octanol–water partition coefficient (Wildman–Crippen LogP) is 17.8. The second kappa shape index (κ2) is 38.1. The molecule has 0 heterocycles. The van der Waals surface area contributed by atoms with Crippen molar-refractivity contribution in [3.05, 3.63) is 82.9 Å². The van der Waals surface area contributed by atoms with Crippen molar-refractivity contribution in [1.82, 2.24) is 0 Å². The van der Waals surface area contributed by atoms with Crippen LogP contribution in [0.25, 0.3) is 21.5 Å². The molecule has 4 rings (SSSR count). The molecule has 6 nitrogen and oxygen atoms in total. The molecule has 9 heteroatoms. The molecule has 384 valence electrons. The first-order valence-electron chi connectivity index (χ1n) is 27.9. The van der Waals surface area contributed by atoms with Gasteiger partial charge in [-0.15, -0.1) is 0 Å². The maximum absolute atomic E-state index is 11.7.